The number of rotatable bonds is 4. The van der Waals surface area contributed by atoms with Crippen molar-refractivity contribution in [3.05, 3.63) is 29.8 Å². The van der Waals surface area contributed by atoms with Gasteiger partial charge in [0.1, 0.15) is 6.29 Å². The van der Waals surface area contributed by atoms with Crippen LogP contribution in [0.25, 0.3) is 0 Å². The molecule has 1 aromatic rings. The normalized spacial score (nSPS) is 18.7. The predicted octanol–water partition coefficient (Wildman–Crippen LogP) is 1.60. The monoisotopic (exact) mass is 246 g/mol. The lowest BCUT2D eigenvalue weighted by Gasteiger charge is -2.19. The molecule has 1 aliphatic rings. The van der Waals surface area contributed by atoms with Gasteiger partial charge in [0, 0.05) is 36.8 Å². The van der Waals surface area contributed by atoms with E-state index in [1.807, 2.05) is 31.2 Å². The van der Waals surface area contributed by atoms with Crippen LogP contribution in [0, 0.1) is 0 Å². The van der Waals surface area contributed by atoms with Crippen molar-refractivity contribution in [1.82, 2.24) is 5.32 Å². The SMILES string of the molecule is CCC(=O)NC1CCN(c2ccc(C=O)cc2)C1. The Morgan fingerprint density at radius 1 is 1.44 bits per heavy atom. The lowest BCUT2D eigenvalue weighted by Crippen LogP contribution is -2.36. The fourth-order valence-electron chi connectivity index (χ4n) is 2.21. The van der Waals surface area contributed by atoms with Crippen molar-refractivity contribution in [3.8, 4) is 0 Å². The quantitative estimate of drug-likeness (QED) is 0.821. The van der Waals surface area contributed by atoms with E-state index >= 15 is 0 Å². The van der Waals surface area contributed by atoms with E-state index in [0.29, 0.717) is 12.0 Å². The predicted molar refractivity (Wildman–Crippen MR) is 70.9 cm³/mol. The summed E-state index contributed by atoms with van der Waals surface area (Å²) in [6, 6.07) is 7.78. The Morgan fingerprint density at radius 2 is 2.17 bits per heavy atom. The van der Waals surface area contributed by atoms with E-state index in [1.165, 1.54) is 0 Å². The Morgan fingerprint density at radius 3 is 2.78 bits per heavy atom. The van der Waals surface area contributed by atoms with Crippen molar-refractivity contribution in [3.63, 3.8) is 0 Å². The summed E-state index contributed by atoms with van der Waals surface area (Å²) in [5.74, 6) is 0.109. The van der Waals surface area contributed by atoms with Gasteiger partial charge in [-0.3, -0.25) is 9.59 Å². The first kappa shape index (κ1) is 12.6. The van der Waals surface area contributed by atoms with Gasteiger partial charge in [-0.2, -0.15) is 0 Å². The number of amides is 1. The maximum atomic E-state index is 11.3. The molecule has 2 rings (SSSR count). The number of benzene rings is 1. The van der Waals surface area contributed by atoms with Crippen molar-refractivity contribution in [2.24, 2.45) is 0 Å². The van der Waals surface area contributed by atoms with Crippen LogP contribution in [-0.2, 0) is 4.79 Å². The maximum Gasteiger partial charge on any atom is 0.219 e. The second kappa shape index (κ2) is 5.67. The van der Waals surface area contributed by atoms with Crippen LogP contribution in [0.4, 0.5) is 5.69 Å². The third-order valence-electron chi connectivity index (χ3n) is 3.27. The number of anilines is 1. The summed E-state index contributed by atoms with van der Waals surface area (Å²) in [5.41, 5.74) is 1.79. The summed E-state index contributed by atoms with van der Waals surface area (Å²) < 4.78 is 0. The molecule has 0 saturated carbocycles. The van der Waals surface area contributed by atoms with Gasteiger partial charge in [0.25, 0.3) is 0 Å². The highest BCUT2D eigenvalue weighted by Crippen LogP contribution is 2.20. The summed E-state index contributed by atoms with van der Waals surface area (Å²) in [6.45, 7) is 3.64. The van der Waals surface area contributed by atoms with Crippen LogP contribution >= 0.6 is 0 Å². The smallest absolute Gasteiger partial charge is 0.219 e. The molecular formula is C14H18N2O2. The summed E-state index contributed by atoms with van der Waals surface area (Å²) in [7, 11) is 0. The molecule has 0 spiro atoms. The van der Waals surface area contributed by atoms with E-state index in [1.54, 1.807) is 0 Å². The first-order valence-electron chi connectivity index (χ1n) is 6.32. The van der Waals surface area contributed by atoms with Crippen molar-refractivity contribution in [2.45, 2.75) is 25.8 Å². The molecule has 1 atom stereocenters. The average Bonchev–Trinajstić information content (AvgIpc) is 2.87. The molecule has 1 N–H and O–H groups in total. The van der Waals surface area contributed by atoms with Crippen LogP contribution < -0.4 is 10.2 Å². The first-order valence-corrected chi connectivity index (χ1v) is 6.32. The molecule has 4 heteroatoms. The minimum atomic E-state index is 0.109. The second-order valence-electron chi connectivity index (χ2n) is 4.56. The molecule has 0 aromatic heterocycles. The van der Waals surface area contributed by atoms with Crippen LogP contribution in [0.1, 0.15) is 30.1 Å². The largest absolute Gasteiger partial charge is 0.369 e. The molecule has 0 aliphatic carbocycles. The van der Waals surface area contributed by atoms with E-state index in [2.05, 4.69) is 10.2 Å². The standard InChI is InChI=1S/C14H18N2O2/c1-2-14(18)15-12-7-8-16(9-12)13-5-3-11(10-17)4-6-13/h3-6,10,12H,2,7-9H2,1H3,(H,15,18). The first-order chi connectivity index (χ1) is 8.72. The molecular weight excluding hydrogens is 228 g/mol. The van der Waals surface area contributed by atoms with Crippen LogP contribution in [0.15, 0.2) is 24.3 Å². The summed E-state index contributed by atoms with van der Waals surface area (Å²) >= 11 is 0. The molecule has 96 valence electrons. The Hall–Kier alpha value is -1.84. The Bertz CT molecular complexity index is 428. The van der Waals surface area contributed by atoms with Crippen LogP contribution in [0.2, 0.25) is 0 Å². The molecule has 4 nitrogen and oxygen atoms in total. The molecule has 18 heavy (non-hydrogen) atoms. The zero-order valence-corrected chi connectivity index (χ0v) is 10.6. The van der Waals surface area contributed by atoms with Gasteiger partial charge < -0.3 is 10.2 Å². The lowest BCUT2D eigenvalue weighted by atomic mass is 10.2. The lowest BCUT2D eigenvalue weighted by molar-refractivity contribution is -0.121. The van der Waals surface area contributed by atoms with Crippen molar-refractivity contribution < 1.29 is 9.59 Å². The molecule has 0 radical (unpaired) electrons. The van der Waals surface area contributed by atoms with E-state index < -0.39 is 0 Å². The number of nitrogens with zero attached hydrogens (tertiary/aromatic N) is 1. The molecule has 1 heterocycles. The molecule has 1 amide bonds. The van der Waals surface area contributed by atoms with Crippen LogP contribution in [0.5, 0.6) is 0 Å². The highest BCUT2D eigenvalue weighted by molar-refractivity contribution is 5.76. The highest BCUT2D eigenvalue weighted by atomic mass is 16.1. The van der Waals surface area contributed by atoms with Crippen molar-refractivity contribution in [2.75, 3.05) is 18.0 Å². The number of hydrogen-bond donors (Lipinski definition) is 1. The summed E-state index contributed by atoms with van der Waals surface area (Å²) in [4.78, 5) is 24.1. The fraction of sp³-hybridized carbons (Fsp3) is 0.429. The van der Waals surface area contributed by atoms with Gasteiger partial charge in [-0.1, -0.05) is 6.92 Å². The van der Waals surface area contributed by atoms with Crippen molar-refractivity contribution >= 4 is 17.9 Å². The van der Waals surface area contributed by atoms with Gasteiger partial charge in [0.15, 0.2) is 0 Å². The minimum absolute atomic E-state index is 0.109. The topological polar surface area (TPSA) is 49.4 Å². The molecule has 1 saturated heterocycles. The average molecular weight is 246 g/mol. The van der Waals surface area contributed by atoms with E-state index in [0.717, 1.165) is 31.5 Å². The van der Waals surface area contributed by atoms with Crippen LogP contribution in [-0.4, -0.2) is 31.3 Å². The Labute approximate surface area is 107 Å². The molecule has 0 bridgehead atoms. The summed E-state index contributed by atoms with van der Waals surface area (Å²) in [5, 5.41) is 3.01. The Balaban J connectivity index is 1.95. The van der Waals surface area contributed by atoms with Gasteiger partial charge in [-0.25, -0.2) is 0 Å². The molecule has 1 aromatic carbocycles. The zero-order chi connectivity index (χ0) is 13.0. The van der Waals surface area contributed by atoms with E-state index in [-0.39, 0.29) is 11.9 Å². The second-order valence-corrected chi connectivity index (χ2v) is 4.56. The Kier molecular flexibility index (Phi) is 3.97. The third-order valence-corrected chi connectivity index (χ3v) is 3.27. The third kappa shape index (κ3) is 2.88. The fourth-order valence-corrected chi connectivity index (χ4v) is 2.21. The van der Waals surface area contributed by atoms with E-state index in [9.17, 15) is 9.59 Å². The number of hydrogen-bond acceptors (Lipinski definition) is 3. The van der Waals surface area contributed by atoms with E-state index in [4.69, 9.17) is 0 Å². The van der Waals surface area contributed by atoms with Gasteiger partial charge in [0.2, 0.25) is 5.91 Å². The molecule has 1 aliphatic heterocycles. The number of carbonyl (C=O) groups excluding carboxylic acids is 2. The number of nitrogens with one attached hydrogen (secondary N) is 1. The summed E-state index contributed by atoms with van der Waals surface area (Å²) in [6.07, 6.45) is 2.35. The van der Waals surface area contributed by atoms with Gasteiger partial charge in [-0.15, -0.1) is 0 Å². The maximum absolute atomic E-state index is 11.3. The van der Waals surface area contributed by atoms with Gasteiger partial charge in [0.05, 0.1) is 0 Å². The zero-order valence-electron chi connectivity index (χ0n) is 10.6. The number of aldehydes is 1. The van der Waals surface area contributed by atoms with Crippen LogP contribution in [0.3, 0.4) is 0 Å². The van der Waals surface area contributed by atoms with Crippen molar-refractivity contribution in [1.29, 1.82) is 0 Å². The number of carbonyl (C=O) groups is 2. The minimum Gasteiger partial charge on any atom is -0.369 e. The van der Waals surface area contributed by atoms with Gasteiger partial charge >= 0.3 is 0 Å². The molecule has 1 fully saturated rings. The van der Waals surface area contributed by atoms with Gasteiger partial charge in [-0.05, 0) is 30.7 Å². The molecule has 1 unspecified atom stereocenters. The highest BCUT2D eigenvalue weighted by Gasteiger charge is 2.23.